The van der Waals surface area contributed by atoms with E-state index in [2.05, 4.69) is 21.2 Å². The second-order valence-electron chi connectivity index (χ2n) is 6.04. The Morgan fingerprint density at radius 3 is 2.38 bits per heavy atom. The highest BCUT2D eigenvalue weighted by Crippen LogP contribution is 2.29. The summed E-state index contributed by atoms with van der Waals surface area (Å²) in [6.45, 7) is 0. The topological polar surface area (TPSA) is 102 Å². The van der Waals surface area contributed by atoms with Gasteiger partial charge in [-0.2, -0.15) is 0 Å². The fourth-order valence-electron chi connectivity index (χ4n) is 2.48. The van der Waals surface area contributed by atoms with Gasteiger partial charge in [0.1, 0.15) is 17.2 Å². The van der Waals surface area contributed by atoms with Crippen molar-refractivity contribution in [2.24, 2.45) is 0 Å². The number of para-hydroxylation sites is 1. The molecule has 4 N–H and O–H groups in total. The quantitative estimate of drug-likeness (QED) is 0.372. The number of aliphatic carboxylic acids is 1. The van der Waals surface area contributed by atoms with E-state index in [1.165, 1.54) is 12.1 Å². The minimum absolute atomic E-state index is 0.253. The first-order chi connectivity index (χ1) is 13.9. The number of hydrogen-bond acceptors (Lipinski definition) is 4. The fourth-order valence-corrected chi connectivity index (χ4v) is 2.84. The molecule has 0 heterocycles. The number of carbonyl (C=O) groups excluding carboxylic acids is 1. The van der Waals surface area contributed by atoms with Crippen LogP contribution in [0.3, 0.4) is 0 Å². The smallest absolute Gasteiger partial charge is 0.352 e. The molecule has 7 heteroatoms. The summed E-state index contributed by atoms with van der Waals surface area (Å²) in [6.07, 6.45) is 1.37. The van der Waals surface area contributed by atoms with Crippen LogP contribution in [0.1, 0.15) is 15.9 Å². The van der Waals surface area contributed by atoms with Gasteiger partial charge in [-0.25, -0.2) is 4.79 Å². The van der Waals surface area contributed by atoms with Crippen LogP contribution in [-0.4, -0.2) is 17.0 Å². The van der Waals surface area contributed by atoms with Gasteiger partial charge in [-0.15, -0.1) is 0 Å². The van der Waals surface area contributed by atoms with Gasteiger partial charge in [0.2, 0.25) is 0 Å². The summed E-state index contributed by atoms with van der Waals surface area (Å²) in [6, 6.07) is 20.6. The molecule has 6 nitrogen and oxygen atoms in total. The number of carbonyl (C=O) groups is 2. The molecule has 0 saturated heterocycles. The fraction of sp³-hybridized carbons (Fsp3) is 0. The number of anilines is 1. The van der Waals surface area contributed by atoms with Crippen molar-refractivity contribution in [1.82, 2.24) is 5.32 Å². The molecule has 29 heavy (non-hydrogen) atoms. The van der Waals surface area contributed by atoms with Gasteiger partial charge in [0.25, 0.3) is 5.91 Å². The minimum atomic E-state index is -1.25. The highest BCUT2D eigenvalue weighted by Gasteiger charge is 2.13. The number of amides is 1. The molecule has 0 radical (unpaired) electrons. The van der Waals surface area contributed by atoms with Crippen LogP contribution in [0.25, 0.3) is 6.08 Å². The summed E-state index contributed by atoms with van der Waals surface area (Å²) >= 11 is 3.42. The zero-order valence-corrected chi connectivity index (χ0v) is 16.7. The van der Waals surface area contributed by atoms with Gasteiger partial charge in [-0.05, 0) is 70.0 Å². The van der Waals surface area contributed by atoms with Crippen LogP contribution in [0.5, 0.6) is 11.5 Å². The lowest BCUT2D eigenvalue weighted by Gasteiger charge is -2.09. The van der Waals surface area contributed by atoms with E-state index in [9.17, 15) is 14.7 Å². The van der Waals surface area contributed by atoms with E-state index in [0.717, 1.165) is 4.47 Å². The lowest BCUT2D eigenvalue weighted by atomic mass is 10.1. The number of ether oxygens (including phenoxy) is 1. The molecule has 0 aliphatic carbocycles. The minimum Gasteiger partial charge on any atom is -0.477 e. The molecule has 3 rings (SSSR count). The average Bonchev–Trinajstić information content (AvgIpc) is 2.70. The van der Waals surface area contributed by atoms with Crippen LogP contribution < -0.4 is 15.8 Å². The number of benzene rings is 3. The first kappa shape index (κ1) is 20.2. The SMILES string of the molecule is Nc1cccc(C(=O)NC(=Cc2ccc(Oc3ccccc3Br)cc2)C(=O)O)c1. The maximum atomic E-state index is 12.3. The van der Waals surface area contributed by atoms with Crippen LogP contribution in [-0.2, 0) is 4.79 Å². The number of nitrogens with one attached hydrogen (secondary N) is 1. The Bertz CT molecular complexity index is 1080. The zero-order valence-electron chi connectivity index (χ0n) is 15.1. The molecular formula is C22H17BrN2O4. The van der Waals surface area contributed by atoms with Crippen molar-refractivity contribution >= 4 is 39.6 Å². The van der Waals surface area contributed by atoms with Crippen molar-refractivity contribution in [2.75, 3.05) is 5.73 Å². The van der Waals surface area contributed by atoms with Crippen LogP contribution in [0.15, 0.2) is 83.0 Å². The first-order valence-electron chi connectivity index (χ1n) is 8.57. The highest BCUT2D eigenvalue weighted by atomic mass is 79.9. The second-order valence-corrected chi connectivity index (χ2v) is 6.90. The van der Waals surface area contributed by atoms with Crippen molar-refractivity contribution in [3.63, 3.8) is 0 Å². The lowest BCUT2D eigenvalue weighted by Crippen LogP contribution is -2.27. The highest BCUT2D eigenvalue weighted by molar-refractivity contribution is 9.10. The summed E-state index contributed by atoms with van der Waals surface area (Å²) in [5.74, 6) is -0.554. The van der Waals surface area contributed by atoms with Crippen LogP contribution in [0.2, 0.25) is 0 Å². The molecule has 146 valence electrons. The van der Waals surface area contributed by atoms with Crippen molar-refractivity contribution in [3.8, 4) is 11.5 Å². The predicted molar refractivity (Wildman–Crippen MR) is 115 cm³/mol. The molecule has 0 aromatic heterocycles. The van der Waals surface area contributed by atoms with Gasteiger partial charge in [-0.3, -0.25) is 4.79 Å². The molecule has 0 saturated carbocycles. The summed E-state index contributed by atoms with van der Waals surface area (Å²) in [5, 5.41) is 11.8. The lowest BCUT2D eigenvalue weighted by molar-refractivity contribution is -0.132. The van der Waals surface area contributed by atoms with E-state index < -0.39 is 11.9 Å². The summed E-state index contributed by atoms with van der Waals surface area (Å²) in [7, 11) is 0. The summed E-state index contributed by atoms with van der Waals surface area (Å²) in [4.78, 5) is 23.8. The average molecular weight is 453 g/mol. The normalized spacial score (nSPS) is 11.0. The third-order valence-corrected chi connectivity index (χ3v) is 4.54. The molecule has 3 aromatic carbocycles. The molecule has 0 aliphatic heterocycles. The Morgan fingerprint density at radius 1 is 1.00 bits per heavy atom. The van der Waals surface area contributed by atoms with Crippen molar-refractivity contribution in [1.29, 1.82) is 0 Å². The number of rotatable bonds is 6. The van der Waals surface area contributed by atoms with E-state index in [1.807, 2.05) is 24.3 Å². The molecule has 0 aliphatic rings. The monoisotopic (exact) mass is 452 g/mol. The van der Waals surface area contributed by atoms with E-state index >= 15 is 0 Å². The van der Waals surface area contributed by atoms with E-state index in [1.54, 1.807) is 42.5 Å². The van der Waals surface area contributed by atoms with Crippen molar-refractivity contribution < 1.29 is 19.4 Å². The van der Waals surface area contributed by atoms with Gasteiger partial charge in [0.15, 0.2) is 0 Å². The molecule has 1 amide bonds. The van der Waals surface area contributed by atoms with Crippen LogP contribution in [0, 0.1) is 0 Å². The summed E-state index contributed by atoms with van der Waals surface area (Å²) in [5.41, 5.74) is 6.69. The third kappa shape index (κ3) is 5.46. The van der Waals surface area contributed by atoms with Gasteiger partial charge in [-0.1, -0.05) is 30.3 Å². The maximum Gasteiger partial charge on any atom is 0.352 e. The Labute approximate surface area is 175 Å². The zero-order chi connectivity index (χ0) is 20.8. The van der Waals surface area contributed by atoms with Crippen molar-refractivity contribution in [3.05, 3.63) is 94.1 Å². The van der Waals surface area contributed by atoms with Crippen molar-refractivity contribution in [2.45, 2.75) is 0 Å². The van der Waals surface area contributed by atoms with E-state index in [0.29, 0.717) is 22.7 Å². The van der Waals surface area contributed by atoms with E-state index in [-0.39, 0.29) is 11.3 Å². The molecule has 0 spiro atoms. The second kappa shape index (κ2) is 9.07. The Hall–Kier alpha value is -3.58. The third-order valence-electron chi connectivity index (χ3n) is 3.88. The number of carboxylic acid groups (broad SMARTS) is 1. The van der Waals surface area contributed by atoms with Gasteiger partial charge >= 0.3 is 5.97 Å². The molecular weight excluding hydrogens is 436 g/mol. The Kier molecular flexibility index (Phi) is 6.31. The van der Waals surface area contributed by atoms with Crippen LogP contribution >= 0.6 is 15.9 Å². The maximum absolute atomic E-state index is 12.3. The number of nitrogens with two attached hydrogens (primary N) is 1. The Morgan fingerprint density at radius 2 is 1.72 bits per heavy atom. The largest absolute Gasteiger partial charge is 0.477 e. The molecule has 0 atom stereocenters. The molecule has 0 fully saturated rings. The molecule has 0 unspecified atom stereocenters. The van der Waals surface area contributed by atoms with Gasteiger partial charge < -0.3 is 20.9 Å². The summed E-state index contributed by atoms with van der Waals surface area (Å²) < 4.78 is 6.61. The van der Waals surface area contributed by atoms with Gasteiger partial charge in [0, 0.05) is 11.3 Å². The predicted octanol–water partition coefficient (Wildman–Crippen LogP) is 4.68. The standard InChI is InChI=1S/C22H17BrN2O4/c23-18-6-1-2-7-20(18)29-17-10-8-14(9-11-17)12-19(22(27)28)25-21(26)15-4-3-5-16(24)13-15/h1-13H,24H2,(H,25,26)(H,27,28). The number of carboxylic acids is 1. The van der Waals surface area contributed by atoms with E-state index in [4.69, 9.17) is 10.5 Å². The number of halogens is 1. The molecule has 3 aromatic rings. The van der Waals surface area contributed by atoms with Crippen LogP contribution in [0.4, 0.5) is 5.69 Å². The Balaban J connectivity index is 1.76. The number of nitrogen functional groups attached to an aromatic ring is 1. The first-order valence-corrected chi connectivity index (χ1v) is 9.36. The molecule has 0 bridgehead atoms. The van der Waals surface area contributed by atoms with Gasteiger partial charge in [0.05, 0.1) is 4.47 Å². The number of hydrogen-bond donors (Lipinski definition) is 3.